The van der Waals surface area contributed by atoms with E-state index in [1.807, 2.05) is 24.3 Å². The SMILES string of the molecule is CC(C)c1ccc(-c2nnc(-c3cccnc3)o2)cc1. The van der Waals surface area contributed by atoms with Crippen LogP contribution in [0.5, 0.6) is 0 Å². The van der Waals surface area contributed by atoms with Crippen molar-refractivity contribution in [1.82, 2.24) is 15.2 Å². The van der Waals surface area contributed by atoms with E-state index in [9.17, 15) is 0 Å². The van der Waals surface area contributed by atoms with Crippen LogP contribution in [0.25, 0.3) is 22.9 Å². The molecule has 0 fully saturated rings. The van der Waals surface area contributed by atoms with Gasteiger partial charge in [-0.15, -0.1) is 10.2 Å². The minimum Gasteiger partial charge on any atom is -0.416 e. The van der Waals surface area contributed by atoms with Gasteiger partial charge in [-0.25, -0.2) is 0 Å². The quantitative estimate of drug-likeness (QED) is 0.720. The second-order valence-electron chi connectivity index (χ2n) is 4.93. The van der Waals surface area contributed by atoms with Crippen molar-refractivity contribution in [2.75, 3.05) is 0 Å². The van der Waals surface area contributed by atoms with Gasteiger partial charge in [0.25, 0.3) is 0 Å². The summed E-state index contributed by atoms with van der Waals surface area (Å²) in [6.07, 6.45) is 3.42. The molecule has 0 unspecified atom stereocenters. The summed E-state index contributed by atoms with van der Waals surface area (Å²) in [5, 5.41) is 8.16. The van der Waals surface area contributed by atoms with Crippen molar-refractivity contribution in [3.63, 3.8) is 0 Å². The van der Waals surface area contributed by atoms with E-state index in [2.05, 4.69) is 41.2 Å². The second-order valence-corrected chi connectivity index (χ2v) is 4.93. The van der Waals surface area contributed by atoms with Crippen LogP contribution in [0.2, 0.25) is 0 Å². The highest BCUT2D eigenvalue weighted by Crippen LogP contribution is 2.24. The molecular formula is C16H15N3O. The maximum absolute atomic E-state index is 5.69. The van der Waals surface area contributed by atoms with Gasteiger partial charge in [-0.2, -0.15) is 0 Å². The van der Waals surface area contributed by atoms with Gasteiger partial charge in [-0.3, -0.25) is 4.98 Å². The first-order valence-electron chi connectivity index (χ1n) is 6.58. The highest BCUT2D eigenvalue weighted by Gasteiger charge is 2.10. The molecule has 100 valence electrons. The van der Waals surface area contributed by atoms with Crippen LogP contribution in [0.4, 0.5) is 0 Å². The molecule has 20 heavy (non-hydrogen) atoms. The third-order valence-corrected chi connectivity index (χ3v) is 3.16. The lowest BCUT2D eigenvalue weighted by Gasteiger charge is -2.04. The Balaban J connectivity index is 1.90. The third-order valence-electron chi connectivity index (χ3n) is 3.16. The van der Waals surface area contributed by atoms with Gasteiger partial charge < -0.3 is 4.42 Å². The first-order chi connectivity index (χ1) is 9.74. The van der Waals surface area contributed by atoms with Crippen LogP contribution in [0, 0.1) is 0 Å². The minimum absolute atomic E-state index is 0.487. The molecule has 0 radical (unpaired) electrons. The summed E-state index contributed by atoms with van der Waals surface area (Å²) in [5.74, 6) is 1.53. The normalized spacial score (nSPS) is 10.9. The van der Waals surface area contributed by atoms with E-state index in [1.165, 1.54) is 5.56 Å². The van der Waals surface area contributed by atoms with Crippen molar-refractivity contribution >= 4 is 0 Å². The van der Waals surface area contributed by atoms with Crippen LogP contribution in [0.3, 0.4) is 0 Å². The first-order valence-corrected chi connectivity index (χ1v) is 6.58. The van der Waals surface area contributed by atoms with E-state index >= 15 is 0 Å². The average Bonchev–Trinajstić information content (AvgIpc) is 2.98. The van der Waals surface area contributed by atoms with Crippen LogP contribution in [0.1, 0.15) is 25.3 Å². The Morgan fingerprint density at radius 1 is 0.900 bits per heavy atom. The molecule has 2 aromatic heterocycles. The largest absolute Gasteiger partial charge is 0.416 e. The number of nitrogens with zero attached hydrogens (tertiary/aromatic N) is 3. The van der Waals surface area contributed by atoms with Gasteiger partial charge in [0.15, 0.2) is 0 Å². The summed E-state index contributed by atoms with van der Waals surface area (Å²) in [4.78, 5) is 4.05. The Morgan fingerprint density at radius 2 is 1.60 bits per heavy atom. The molecular weight excluding hydrogens is 250 g/mol. The van der Waals surface area contributed by atoms with Gasteiger partial charge in [0.2, 0.25) is 11.8 Å². The van der Waals surface area contributed by atoms with E-state index < -0.39 is 0 Å². The van der Waals surface area contributed by atoms with Gasteiger partial charge in [-0.05, 0) is 35.7 Å². The standard InChI is InChI=1S/C16H15N3O/c1-11(2)12-5-7-13(8-6-12)15-18-19-16(20-15)14-4-3-9-17-10-14/h3-11H,1-2H3. The lowest BCUT2D eigenvalue weighted by Crippen LogP contribution is -1.86. The Labute approximate surface area is 117 Å². The summed E-state index contributed by atoms with van der Waals surface area (Å²) in [6.45, 7) is 4.34. The molecule has 1 aromatic carbocycles. The molecule has 0 aliphatic rings. The molecule has 2 heterocycles. The predicted molar refractivity (Wildman–Crippen MR) is 77.1 cm³/mol. The molecule has 3 aromatic rings. The topological polar surface area (TPSA) is 51.8 Å². The summed E-state index contributed by atoms with van der Waals surface area (Å²) in [5.41, 5.74) is 3.04. The number of hydrogen-bond donors (Lipinski definition) is 0. The van der Waals surface area contributed by atoms with E-state index in [0.29, 0.717) is 17.7 Å². The summed E-state index contributed by atoms with van der Waals surface area (Å²) >= 11 is 0. The van der Waals surface area contributed by atoms with Crippen molar-refractivity contribution in [2.45, 2.75) is 19.8 Å². The zero-order valence-electron chi connectivity index (χ0n) is 11.4. The molecule has 0 saturated heterocycles. The fourth-order valence-corrected chi connectivity index (χ4v) is 1.96. The highest BCUT2D eigenvalue weighted by molar-refractivity contribution is 5.57. The molecule has 3 rings (SSSR count). The number of hydrogen-bond acceptors (Lipinski definition) is 4. The van der Waals surface area contributed by atoms with Crippen LogP contribution in [0.15, 0.2) is 53.2 Å². The zero-order chi connectivity index (χ0) is 13.9. The summed E-state index contributed by atoms with van der Waals surface area (Å²) in [6, 6.07) is 11.9. The Morgan fingerprint density at radius 3 is 2.20 bits per heavy atom. The van der Waals surface area contributed by atoms with Gasteiger partial charge in [0.05, 0.1) is 5.56 Å². The summed E-state index contributed by atoms with van der Waals surface area (Å²) < 4.78 is 5.69. The molecule has 0 aliphatic carbocycles. The minimum atomic E-state index is 0.487. The first kappa shape index (κ1) is 12.5. The fourth-order valence-electron chi connectivity index (χ4n) is 1.96. The number of rotatable bonds is 3. The van der Waals surface area contributed by atoms with Gasteiger partial charge in [0, 0.05) is 18.0 Å². The van der Waals surface area contributed by atoms with Crippen molar-refractivity contribution in [1.29, 1.82) is 0 Å². The van der Waals surface area contributed by atoms with E-state index in [0.717, 1.165) is 11.1 Å². The van der Waals surface area contributed by atoms with Crippen molar-refractivity contribution in [2.24, 2.45) is 0 Å². The molecule has 0 N–H and O–H groups in total. The molecule has 0 atom stereocenters. The van der Waals surface area contributed by atoms with Crippen molar-refractivity contribution in [3.8, 4) is 22.9 Å². The van der Waals surface area contributed by atoms with Crippen LogP contribution >= 0.6 is 0 Å². The molecule has 0 bridgehead atoms. The van der Waals surface area contributed by atoms with Crippen LogP contribution in [-0.4, -0.2) is 15.2 Å². The third kappa shape index (κ3) is 2.45. The maximum Gasteiger partial charge on any atom is 0.249 e. The Hall–Kier alpha value is -2.49. The van der Waals surface area contributed by atoms with Crippen molar-refractivity contribution in [3.05, 3.63) is 54.4 Å². The van der Waals surface area contributed by atoms with Crippen molar-refractivity contribution < 1.29 is 4.42 Å². The van der Waals surface area contributed by atoms with Crippen LogP contribution in [-0.2, 0) is 0 Å². The molecule has 4 heteroatoms. The van der Waals surface area contributed by atoms with E-state index in [4.69, 9.17) is 4.42 Å². The van der Waals surface area contributed by atoms with Crippen LogP contribution < -0.4 is 0 Å². The predicted octanol–water partition coefficient (Wildman–Crippen LogP) is 3.92. The number of benzene rings is 1. The second kappa shape index (κ2) is 5.25. The maximum atomic E-state index is 5.69. The monoisotopic (exact) mass is 265 g/mol. The lowest BCUT2D eigenvalue weighted by molar-refractivity contribution is 0.584. The Bertz CT molecular complexity index is 687. The summed E-state index contributed by atoms with van der Waals surface area (Å²) in [7, 11) is 0. The fraction of sp³-hybridized carbons (Fsp3) is 0.188. The molecule has 0 spiro atoms. The Kier molecular flexibility index (Phi) is 3.29. The molecule has 0 saturated carbocycles. The average molecular weight is 265 g/mol. The molecule has 4 nitrogen and oxygen atoms in total. The molecule has 0 aliphatic heterocycles. The zero-order valence-corrected chi connectivity index (χ0v) is 11.4. The number of aromatic nitrogens is 3. The van der Waals surface area contributed by atoms with Gasteiger partial charge in [0.1, 0.15) is 0 Å². The van der Waals surface area contributed by atoms with E-state index in [1.54, 1.807) is 12.4 Å². The van der Waals surface area contributed by atoms with Gasteiger partial charge in [-0.1, -0.05) is 26.0 Å². The smallest absolute Gasteiger partial charge is 0.249 e. The number of pyridine rings is 1. The molecule has 0 amide bonds. The highest BCUT2D eigenvalue weighted by atomic mass is 16.4. The lowest BCUT2D eigenvalue weighted by atomic mass is 10.0. The van der Waals surface area contributed by atoms with E-state index in [-0.39, 0.29) is 0 Å². The van der Waals surface area contributed by atoms with Gasteiger partial charge >= 0.3 is 0 Å².